The number of nitrogens with two attached hydrogens (primary N) is 1. The second kappa shape index (κ2) is 5.89. The first-order valence-electron chi connectivity index (χ1n) is 6.75. The van der Waals surface area contributed by atoms with Crippen LogP contribution in [-0.2, 0) is 4.74 Å². The number of nitrogens with zero attached hydrogens (tertiary/aromatic N) is 1. The van der Waals surface area contributed by atoms with Crippen LogP contribution in [0, 0.1) is 0 Å². The topological polar surface area (TPSA) is 67.6 Å². The average Bonchev–Trinajstić information content (AvgIpc) is 2.28. The number of nitrogens with one attached hydrogen (secondary N) is 1. The number of amides is 1. The van der Waals surface area contributed by atoms with Crippen LogP contribution < -0.4 is 11.1 Å². The number of carbonyl (C=O) groups excluding carboxylic acids is 1. The van der Waals surface area contributed by atoms with Crippen molar-refractivity contribution in [2.24, 2.45) is 5.73 Å². The van der Waals surface area contributed by atoms with Crippen molar-refractivity contribution in [3.05, 3.63) is 0 Å². The van der Waals surface area contributed by atoms with E-state index in [-0.39, 0.29) is 11.6 Å². The second-order valence-electron chi connectivity index (χ2n) is 5.98. The van der Waals surface area contributed by atoms with Crippen LogP contribution in [-0.4, -0.2) is 48.3 Å². The molecule has 0 radical (unpaired) electrons. The first-order valence-corrected chi connectivity index (χ1v) is 6.75. The highest BCUT2D eigenvalue weighted by Gasteiger charge is 2.35. The standard InChI is InChI=1S/C13H27N3O2/c1-5-15-13(10-14)6-8-16(9-7-13)11(17)18-12(2,3)4/h15H,5-10,14H2,1-4H3. The van der Waals surface area contributed by atoms with Crippen LogP contribution in [0.2, 0.25) is 0 Å². The minimum Gasteiger partial charge on any atom is -0.444 e. The van der Waals surface area contributed by atoms with E-state index in [0.29, 0.717) is 19.6 Å². The summed E-state index contributed by atoms with van der Waals surface area (Å²) in [5.74, 6) is 0. The lowest BCUT2D eigenvalue weighted by Gasteiger charge is -2.41. The molecule has 0 spiro atoms. The van der Waals surface area contributed by atoms with Crippen molar-refractivity contribution in [3.63, 3.8) is 0 Å². The molecule has 1 heterocycles. The maximum atomic E-state index is 11.9. The van der Waals surface area contributed by atoms with E-state index in [0.717, 1.165) is 19.4 Å². The van der Waals surface area contributed by atoms with E-state index in [1.807, 2.05) is 20.8 Å². The summed E-state index contributed by atoms with van der Waals surface area (Å²) in [5.41, 5.74) is 5.41. The van der Waals surface area contributed by atoms with Gasteiger partial charge in [-0.05, 0) is 40.2 Å². The number of hydrogen-bond donors (Lipinski definition) is 2. The molecule has 5 nitrogen and oxygen atoms in total. The Hall–Kier alpha value is -0.810. The molecule has 0 aromatic carbocycles. The Labute approximate surface area is 110 Å². The summed E-state index contributed by atoms with van der Waals surface area (Å²) in [6.07, 6.45) is 1.55. The molecule has 3 N–H and O–H groups in total. The normalized spacial score (nSPS) is 19.7. The fourth-order valence-electron chi connectivity index (χ4n) is 2.27. The highest BCUT2D eigenvalue weighted by atomic mass is 16.6. The number of likely N-dealkylation sites (tertiary alicyclic amines) is 1. The van der Waals surface area contributed by atoms with Gasteiger partial charge in [0.05, 0.1) is 0 Å². The third-order valence-corrected chi connectivity index (χ3v) is 3.31. The van der Waals surface area contributed by atoms with Crippen molar-refractivity contribution in [1.82, 2.24) is 10.2 Å². The van der Waals surface area contributed by atoms with E-state index in [4.69, 9.17) is 10.5 Å². The van der Waals surface area contributed by atoms with Crippen LogP contribution in [0.4, 0.5) is 4.79 Å². The van der Waals surface area contributed by atoms with Gasteiger partial charge in [0.25, 0.3) is 0 Å². The molecule has 0 saturated carbocycles. The summed E-state index contributed by atoms with van der Waals surface area (Å²) < 4.78 is 5.37. The number of piperidine rings is 1. The Morgan fingerprint density at radius 3 is 2.33 bits per heavy atom. The van der Waals surface area contributed by atoms with Crippen molar-refractivity contribution in [1.29, 1.82) is 0 Å². The van der Waals surface area contributed by atoms with Gasteiger partial charge in [-0.15, -0.1) is 0 Å². The van der Waals surface area contributed by atoms with Crippen molar-refractivity contribution in [3.8, 4) is 0 Å². The van der Waals surface area contributed by atoms with Gasteiger partial charge in [0, 0.05) is 25.2 Å². The molecule has 18 heavy (non-hydrogen) atoms. The van der Waals surface area contributed by atoms with E-state index in [1.54, 1.807) is 4.90 Å². The molecular formula is C13H27N3O2. The average molecular weight is 257 g/mol. The highest BCUT2D eigenvalue weighted by molar-refractivity contribution is 5.68. The zero-order valence-electron chi connectivity index (χ0n) is 12.1. The number of rotatable bonds is 3. The molecule has 0 aromatic rings. The molecule has 1 fully saturated rings. The van der Waals surface area contributed by atoms with Gasteiger partial charge in [-0.2, -0.15) is 0 Å². The molecule has 0 atom stereocenters. The van der Waals surface area contributed by atoms with Gasteiger partial charge < -0.3 is 20.7 Å². The Bertz CT molecular complexity index is 278. The maximum Gasteiger partial charge on any atom is 0.410 e. The Morgan fingerprint density at radius 2 is 1.94 bits per heavy atom. The molecule has 1 aliphatic heterocycles. The van der Waals surface area contributed by atoms with Gasteiger partial charge in [0.1, 0.15) is 5.60 Å². The SMILES string of the molecule is CCNC1(CN)CCN(C(=O)OC(C)(C)C)CC1. The van der Waals surface area contributed by atoms with Gasteiger partial charge in [-0.1, -0.05) is 6.92 Å². The van der Waals surface area contributed by atoms with Crippen LogP contribution in [0.15, 0.2) is 0 Å². The van der Waals surface area contributed by atoms with Crippen molar-refractivity contribution >= 4 is 6.09 Å². The largest absolute Gasteiger partial charge is 0.444 e. The van der Waals surface area contributed by atoms with Crippen molar-refractivity contribution in [2.45, 2.75) is 51.7 Å². The molecule has 0 bridgehead atoms. The molecule has 5 heteroatoms. The maximum absolute atomic E-state index is 11.9. The van der Waals surface area contributed by atoms with Crippen LogP contribution in [0.5, 0.6) is 0 Å². The molecular weight excluding hydrogens is 230 g/mol. The van der Waals surface area contributed by atoms with E-state index in [9.17, 15) is 4.79 Å². The molecule has 0 aromatic heterocycles. The van der Waals surface area contributed by atoms with Crippen LogP contribution >= 0.6 is 0 Å². The highest BCUT2D eigenvalue weighted by Crippen LogP contribution is 2.22. The van der Waals surface area contributed by atoms with Gasteiger partial charge in [0.15, 0.2) is 0 Å². The molecule has 1 rings (SSSR count). The summed E-state index contributed by atoms with van der Waals surface area (Å²) in [4.78, 5) is 13.7. The molecule has 0 unspecified atom stereocenters. The quantitative estimate of drug-likeness (QED) is 0.800. The minimum atomic E-state index is -0.429. The fourth-order valence-corrected chi connectivity index (χ4v) is 2.27. The monoisotopic (exact) mass is 257 g/mol. The van der Waals surface area contributed by atoms with Crippen molar-refractivity contribution < 1.29 is 9.53 Å². The van der Waals surface area contributed by atoms with E-state index in [1.165, 1.54) is 0 Å². The van der Waals surface area contributed by atoms with Crippen LogP contribution in [0.25, 0.3) is 0 Å². The van der Waals surface area contributed by atoms with Gasteiger partial charge >= 0.3 is 6.09 Å². The summed E-state index contributed by atoms with van der Waals surface area (Å²) in [7, 11) is 0. The molecule has 106 valence electrons. The second-order valence-corrected chi connectivity index (χ2v) is 5.98. The molecule has 1 aliphatic rings. The number of likely N-dealkylation sites (N-methyl/N-ethyl adjacent to an activating group) is 1. The zero-order chi connectivity index (χ0) is 13.8. The van der Waals surface area contributed by atoms with Gasteiger partial charge in [-0.3, -0.25) is 0 Å². The van der Waals surface area contributed by atoms with E-state index >= 15 is 0 Å². The van der Waals surface area contributed by atoms with Gasteiger partial charge in [0.2, 0.25) is 0 Å². The first-order chi connectivity index (χ1) is 8.32. The Morgan fingerprint density at radius 1 is 1.39 bits per heavy atom. The number of ether oxygens (including phenoxy) is 1. The third-order valence-electron chi connectivity index (χ3n) is 3.31. The van der Waals surface area contributed by atoms with E-state index in [2.05, 4.69) is 12.2 Å². The Kier molecular flexibility index (Phi) is 4.99. The van der Waals surface area contributed by atoms with Crippen LogP contribution in [0.3, 0.4) is 0 Å². The lowest BCUT2D eigenvalue weighted by Crippen LogP contribution is -2.58. The number of hydrogen-bond acceptors (Lipinski definition) is 4. The zero-order valence-corrected chi connectivity index (χ0v) is 12.1. The molecule has 1 saturated heterocycles. The predicted octanol–water partition coefficient (Wildman–Crippen LogP) is 1.32. The Balaban J connectivity index is 2.50. The van der Waals surface area contributed by atoms with Crippen LogP contribution in [0.1, 0.15) is 40.5 Å². The van der Waals surface area contributed by atoms with Gasteiger partial charge in [-0.25, -0.2) is 4.79 Å². The summed E-state index contributed by atoms with van der Waals surface area (Å²) in [5, 5.41) is 3.45. The summed E-state index contributed by atoms with van der Waals surface area (Å²) in [6.45, 7) is 10.7. The summed E-state index contributed by atoms with van der Waals surface area (Å²) in [6, 6.07) is 0. The minimum absolute atomic E-state index is 0.00668. The predicted molar refractivity (Wildman–Crippen MR) is 72.5 cm³/mol. The number of carbonyl (C=O) groups is 1. The lowest BCUT2D eigenvalue weighted by atomic mass is 9.87. The van der Waals surface area contributed by atoms with Crippen molar-refractivity contribution in [2.75, 3.05) is 26.2 Å². The first kappa shape index (κ1) is 15.2. The smallest absolute Gasteiger partial charge is 0.410 e. The molecule has 0 aliphatic carbocycles. The lowest BCUT2D eigenvalue weighted by molar-refractivity contribution is 0.0153. The third kappa shape index (κ3) is 4.14. The van der Waals surface area contributed by atoms with E-state index < -0.39 is 5.60 Å². The summed E-state index contributed by atoms with van der Waals surface area (Å²) >= 11 is 0. The fraction of sp³-hybridized carbons (Fsp3) is 0.923. The molecule has 1 amide bonds.